The number of hydrogen-bond acceptors (Lipinski definition) is 5. The maximum Gasteiger partial charge on any atom is 0.333 e. The van der Waals surface area contributed by atoms with Crippen LogP contribution in [0.4, 0.5) is 0 Å². The van der Waals surface area contributed by atoms with Crippen molar-refractivity contribution in [3.05, 3.63) is 23.8 Å². The van der Waals surface area contributed by atoms with Gasteiger partial charge < -0.3 is 15.0 Å². The second-order valence-corrected chi connectivity index (χ2v) is 10.3. The maximum atomic E-state index is 13.5. The van der Waals surface area contributed by atoms with Crippen LogP contribution in [-0.4, -0.2) is 72.0 Å². The molecule has 2 amide bonds. The molecule has 1 fully saturated rings. The number of nitrogens with zero attached hydrogens (tertiary/aromatic N) is 2. The van der Waals surface area contributed by atoms with Crippen LogP contribution in [0.3, 0.4) is 0 Å². The third kappa shape index (κ3) is 7.97. The first-order valence-electron chi connectivity index (χ1n) is 12.7. The third-order valence-electron chi connectivity index (χ3n) is 6.86. The number of likely N-dealkylation sites (N-methyl/N-ethyl adjacent to an activating group) is 1. The second kappa shape index (κ2) is 13.7. The molecule has 34 heavy (non-hydrogen) atoms. The lowest BCUT2D eigenvalue weighted by Crippen LogP contribution is -2.58. The van der Waals surface area contributed by atoms with Crippen molar-refractivity contribution >= 4 is 17.8 Å². The van der Waals surface area contributed by atoms with Gasteiger partial charge in [0, 0.05) is 18.7 Å². The lowest BCUT2D eigenvalue weighted by atomic mass is 9.94. The molecule has 7 nitrogen and oxygen atoms in total. The van der Waals surface area contributed by atoms with E-state index in [4.69, 9.17) is 4.74 Å². The van der Waals surface area contributed by atoms with Gasteiger partial charge in [-0.3, -0.25) is 14.5 Å². The summed E-state index contributed by atoms with van der Waals surface area (Å²) >= 11 is 0. The number of amides is 2. The Kier molecular flexibility index (Phi) is 12.0. The number of ether oxygens (including phenoxy) is 1. The Hall–Kier alpha value is -2.15. The molecular weight excluding hydrogens is 430 g/mol. The minimum Gasteiger partial charge on any atom is -0.463 e. The highest BCUT2D eigenvalue weighted by Gasteiger charge is 2.36. The molecule has 1 N–H and O–H groups in total. The summed E-state index contributed by atoms with van der Waals surface area (Å²) in [6.07, 6.45) is 4.63. The van der Waals surface area contributed by atoms with E-state index >= 15 is 0 Å². The molecule has 7 heteroatoms. The Morgan fingerprint density at radius 1 is 1.12 bits per heavy atom. The average Bonchev–Trinajstić information content (AvgIpc) is 2.78. The molecule has 194 valence electrons. The lowest BCUT2D eigenvalue weighted by molar-refractivity contribution is -0.139. The van der Waals surface area contributed by atoms with E-state index in [1.54, 1.807) is 38.8 Å². The van der Waals surface area contributed by atoms with Crippen LogP contribution in [0.15, 0.2) is 23.8 Å². The van der Waals surface area contributed by atoms with E-state index in [1.807, 2.05) is 13.8 Å². The highest BCUT2D eigenvalue weighted by Crippen LogP contribution is 2.24. The Balaban J connectivity index is 3.10. The fourth-order valence-electron chi connectivity index (χ4n) is 4.41. The van der Waals surface area contributed by atoms with Crippen molar-refractivity contribution in [2.45, 2.75) is 98.8 Å². The molecule has 3 unspecified atom stereocenters. The maximum absolute atomic E-state index is 13.5. The summed E-state index contributed by atoms with van der Waals surface area (Å²) in [5.41, 5.74) is 1.04. The van der Waals surface area contributed by atoms with Gasteiger partial charge in [0.15, 0.2) is 0 Å². The first kappa shape index (κ1) is 29.9. The minimum absolute atomic E-state index is 0.0560. The molecule has 4 atom stereocenters. The van der Waals surface area contributed by atoms with Gasteiger partial charge in [-0.05, 0) is 64.5 Å². The van der Waals surface area contributed by atoms with Crippen molar-refractivity contribution in [3.8, 4) is 0 Å². The number of esters is 1. The highest BCUT2D eigenvalue weighted by atomic mass is 16.5. The van der Waals surface area contributed by atoms with Gasteiger partial charge in [-0.15, -0.1) is 0 Å². The van der Waals surface area contributed by atoms with E-state index in [-0.39, 0.29) is 35.9 Å². The Morgan fingerprint density at radius 2 is 1.74 bits per heavy atom. The van der Waals surface area contributed by atoms with E-state index in [0.29, 0.717) is 23.7 Å². The van der Waals surface area contributed by atoms with Gasteiger partial charge in [-0.2, -0.15) is 0 Å². The van der Waals surface area contributed by atoms with Crippen LogP contribution < -0.4 is 5.32 Å². The average molecular weight is 478 g/mol. The predicted molar refractivity (Wildman–Crippen MR) is 137 cm³/mol. The van der Waals surface area contributed by atoms with Crippen LogP contribution in [-0.2, 0) is 19.1 Å². The smallest absolute Gasteiger partial charge is 0.333 e. The van der Waals surface area contributed by atoms with Crippen LogP contribution in [0.2, 0.25) is 0 Å². The molecule has 0 radical (unpaired) electrons. The number of likely N-dealkylation sites (tertiary alicyclic amines) is 1. The minimum atomic E-state index is -0.826. The number of nitrogens with one attached hydrogen (secondary N) is 1. The monoisotopic (exact) mass is 477 g/mol. The highest BCUT2D eigenvalue weighted by molar-refractivity contribution is 5.92. The van der Waals surface area contributed by atoms with E-state index in [1.165, 1.54) is 0 Å². The topological polar surface area (TPSA) is 79.0 Å². The van der Waals surface area contributed by atoms with Gasteiger partial charge in [0.05, 0.1) is 18.7 Å². The van der Waals surface area contributed by atoms with Gasteiger partial charge in [0.25, 0.3) is 0 Å². The van der Waals surface area contributed by atoms with Gasteiger partial charge in [0.1, 0.15) is 6.04 Å². The fourth-order valence-corrected chi connectivity index (χ4v) is 4.41. The predicted octanol–water partition coefficient (Wildman–Crippen LogP) is 3.94. The molecule has 1 aliphatic rings. The summed E-state index contributed by atoms with van der Waals surface area (Å²) in [5, 5.41) is 3.00. The van der Waals surface area contributed by atoms with Gasteiger partial charge in [0.2, 0.25) is 11.8 Å². The molecule has 1 rings (SSSR count). The largest absolute Gasteiger partial charge is 0.463 e. The first-order chi connectivity index (χ1) is 15.8. The molecule has 1 aliphatic heterocycles. The number of carbonyl (C=O) groups is 3. The molecule has 0 aromatic heterocycles. The molecule has 1 saturated heterocycles. The summed E-state index contributed by atoms with van der Waals surface area (Å²) < 4.78 is 5.09. The summed E-state index contributed by atoms with van der Waals surface area (Å²) in [5.74, 6) is -0.275. The van der Waals surface area contributed by atoms with Crippen molar-refractivity contribution in [1.29, 1.82) is 0 Å². The standard InChI is InChI=1S/C27H47N3O4/c1-11-34-27(33)20(8)16-23(18(4)5)29(10)26(32)24(19(6)7)28-25(31)22-14-12-13-15-30(22)21(9)17(2)3/h16-18,21-24H,6,11-15H2,1-5,7-10H3,(H,28,31)/b20-16+/t21?,22?,23-,24?/m1/s1. The summed E-state index contributed by atoms with van der Waals surface area (Å²) in [6, 6.07) is -1.13. The number of carbonyl (C=O) groups excluding carboxylic acids is 3. The SMILES string of the molecule is C=C(C)C(NC(=O)C1CCCCN1C(C)C(C)C)C(=O)N(C)[C@H](/C=C(\C)C(=O)OCC)C(C)C. The van der Waals surface area contributed by atoms with E-state index in [2.05, 4.69) is 37.6 Å². The van der Waals surface area contributed by atoms with E-state index < -0.39 is 12.0 Å². The van der Waals surface area contributed by atoms with Crippen LogP contribution in [0, 0.1) is 11.8 Å². The molecule has 0 bridgehead atoms. The molecule has 0 saturated carbocycles. The molecule has 1 heterocycles. The molecular formula is C27H47N3O4. The van der Waals surface area contributed by atoms with Crippen molar-refractivity contribution in [1.82, 2.24) is 15.1 Å². The van der Waals surface area contributed by atoms with Crippen molar-refractivity contribution < 1.29 is 19.1 Å². The van der Waals surface area contributed by atoms with Gasteiger partial charge in [-0.1, -0.05) is 46.8 Å². The molecule has 0 spiro atoms. The molecule has 0 aromatic carbocycles. The number of piperidine rings is 1. The fraction of sp³-hybridized carbons (Fsp3) is 0.741. The zero-order valence-electron chi connectivity index (χ0n) is 22.8. The summed E-state index contributed by atoms with van der Waals surface area (Å²) in [7, 11) is 1.71. The van der Waals surface area contributed by atoms with E-state index in [0.717, 1.165) is 25.8 Å². The Bertz CT molecular complexity index is 759. The van der Waals surface area contributed by atoms with Crippen LogP contribution >= 0.6 is 0 Å². The summed E-state index contributed by atoms with van der Waals surface area (Å²) in [4.78, 5) is 42.9. The first-order valence-corrected chi connectivity index (χ1v) is 12.7. The zero-order valence-corrected chi connectivity index (χ0v) is 22.8. The molecule has 0 aromatic rings. The third-order valence-corrected chi connectivity index (χ3v) is 6.86. The van der Waals surface area contributed by atoms with Gasteiger partial charge in [-0.25, -0.2) is 4.79 Å². The lowest BCUT2D eigenvalue weighted by Gasteiger charge is -2.41. The van der Waals surface area contributed by atoms with Crippen LogP contribution in [0.1, 0.15) is 74.7 Å². The van der Waals surface area contributed by atoms with Crippen LogP contribution in [0.25, 0.3) is 0 Å². The van der Waals surface area contributed by atoms with Crippen molar-refractivity contribution in [3.63, 3.8) is 0 Å². The van der Waals surface area contributed by atoms with Crippen LogP contribution in [0.5, 0.6) is 0 Å². The number of rotatable bonds is 11. The van der Waals surface area contributed by atoms with Gasteiger partial charge >= 0.3 is 5.97 Å². The Morgan fingerprint density at radius 3 is 2.24 bits per heavy atom. The van der Waals surface area contributed by atoms with E-state index in [9.17, 15) is 14.4 Å². The summed E-state index contributed by atoms with van der Waals surface area (Å²) in [6.45, 7) is 20.9. The number of hydrogen-bond donors (Lipinski definition) is 1. The Labute approximate surface area is 207 Å². The van der Waals surface area contributed by atoms with Crippen molar-refractivity contribution in [2.75, 3.05) is 20.2 Å². The normalized spacial score (nSPS) is 20.0. The second-order valence-electron chi connectivity index (χ2n) is 10.3. The van der Waals surface area contributed by atoms with Crippen molar-refractivity contribution in [2.24, 2.45) is 11.8 Å². The molecule has 0 aliphatic carbocycles. The zero-order chi connectivity index (χ0) is 26.2. The quantitative estimate of drug-likeness (QED) is 0.277.